The van der Waals surface area contributed by atoms with Gasteiger partial charge in [0.2, 0.25) is 0 Å². The lowest BCUT2D eigenvalue weighted by Gasteiger charge is -2.33. The first-order chi connectivity index (χ1) is 27.8. The van der Waals surface area contributed by atoms with Crippen LogP contribution in [0.5, 0.6) is 0 Å². The molecule has 0 saturated heterocycles. The van der Waals surface area contributed by atoms with Gasteiger partial charge in [-0.2, -0.15) is 0 Å². The van der Waals surface area contributed by atoms with E-state index >= 15 is 0 Å². The van der Waals surface area contributed by atoms with Crippen LogP contribution in [0, 0.1) is 0 Å². The van der Waals surface area contributed by atoms with Crippen molar-refractivity contribution in [3.63, 3.8) is 0 Å². The summed E-state index contributed by atoms with van der Waals surface area (Å²) >= 11 is 6.15. The van der Waals surface area contributed by atoms with Crippen LogP contribution in [0.15, 0.2) is 127 Å². The number of unbranched alkanes of at least 4 members (excludes halogenated alkanes) is 10. The summed E-state index contributed by atoms with van der Waals surface area (Å²) in [6, 6.07) is 48.4. The Morgan fingerprint density at radius 3 is 1.26 bits per heavy atom. The molecule has 6 aromatic carbocycles. The fourth-order valence-electron chi connectivity index (χ4n) is 10.3. The van der Waals surface area contributed by atoms with E-state index in [0.717, 1.165) is 5.02 Å². The van der Waals surface area contributed by atoms with E-state index in [0.29, 0.717) is 0 Å². The third-order valence-corrected chi connectivity index (χ3v) is 13.8. The van der Waals surface area contributed by atoms with Crippen molar-refractivity contribution in [2.24, 2.45) is 0 Å². The first kappa shape index (κ1) is 39.4. The van der Waals surface area contributed by atoms with Gasteiger partial charge in [0.15, 0.2) is 0 Å². The predicted molar refractivity (Wildman–Crippen MR) is 248 cm³/mol. The molecule has 0 unspecified atom stereocenters. The summed E-state index contributed by atoms with van der Waals surface area (Å²) in [5.74, 6) is 0. The summed E-state index contributed by atoms with van der Waals surface area (Å²) in [7, 11) is 0. The monoisotopic (exact) mass is 768 g/mol. The molecule has 0 heterocycles. The molecule has 0 bridgehead atoms. The Hall–Kier alpha value is -4.39. The SMILES string of the molecule is CCCCCCCCC1(CCCCCCCC)c2ccccc2-c2ccc(-c3ccc4c(c3)C(C)(C)c3cc(-c5ccc(-c6ccc(Cl)cc6)cc5)ccc3-4)cc21. The molecule has 0 nitrogen and oxygen atoms in total. The number of hydrogen-bond donors (Lipinski definition) is 0. The minimum Gasteiger partial charge on any atom is -0.0843 e. The molecule has 2 aliphatic rings. The van der Waals surface area contributed by atoms with Crippen molar-refractivity contribution in [3.05, 3.63) is 155 Å². The van der Waals surface area contributed by atoms with Gasteiger partial charge >= 0.3 is 0 Å². The Bertz CT molecular complexity index is 2290. The van der Waals surface area contributed by atoms with E-state index in [2.05, 4.69) is 143 Å². The second kappa shape index (κ2) is 17.2. The van der Waals surface area contributed by atoms with Gasteiger partial charge in [-0.25, -0.2) is 0 Å². The molecule has 292 valence electrons. The van der Waals surface area contributed by atoms with Crippen molar-refractivity contribution in [1.82, 2.24) is 0 Å². The summed E-state index contributed by atoms with van der Waals surface area (Å²) in [6.45, 7) is 9.47. The minimum absolute atomic E-state index is 0.0904. The normalized spacial score (nSPS) is 14.3. The van der Waals surface area contributed by atoms with Crippen molar-refractivity contribution in [2.75, 3.05) is 0 Å². The number of halogens is 1. The van der Waals surface area contributed by atoms with Gasteiger partial charge in [0, 0.05) is 15.9 Å². The molecule has 0 spiro atoms. The van der Waals surface area contributed by atoms with E-state index in [1.807, 2.05) is 12.1 Å². The largest absolute Gasteiger partial charge is 0.0843 e. The van der Waals surface area contributed by atoms with Crippen LogP contribution < -0.4 is 0 Å². The zero-order valence-corrected chi connectivity index (χ0v) is 35.7. The molecule has 0 aromatic heterocycles. The van der Waals surface area contributed by atoms with Gasteiger partial charge in [0.05, 0.1) is 0 Å². The quantitative estimate of drug-likeness (QED) is 0.0811. The zero-order chi connectivity index (χ0) is 39.4. The average Bonchev–Trinajstić information content (AvgIpc) is 3.64. The van der Waals surface area contributed by atoms with Crippen LogP contribution in [0.4, 0.5) is 0 Å². The Morgan fingerprint density at radius 1 is 0.368 bits per heavy atom. The fraction of sp³-hybridized carbons (Fsp3) is 0.357. The maximum Gasteiger partial charge on any atom is 0.0406 e. The lowest BCUT2D eigenvalue weighted by atomic mass is 9.70. The van der Waals surface area contributed by atoms with Crippen molar-refractivity contribution in [3.8, 4) is 55.6 Å². The van der Waals surface area contributed by atoms with Crippen LogP contribution in [-0.4, -0.2) is 0 Å². The maximum atomic E-state index is 6.15. The molecule has 2 aliphatic carbocycles. The van der Waals surface area contributed by atoms with Gasteiger partial charge in [0.1, 0.15) is 0 Å². The molecule has 0 amide bonds. The first-order valence-electron chi connectivity index (χ1n) is 22.2. The van der Waals surface area contributed by atoms with Crippen molar-refractivity contribution in [2.45, 2.75) is 128 Å². The molecule has 1 heteroatoms. The van der Waals surface area contributed by atoms with E-state index in [1.54, 1.807) is 11.1 Å². The molecule has 0 radical (unpaired) electrons. The molecule has 8 rings (SSSR count). The van der Waals surface area contributed by atoms with Crippen molar-refractivity contribution >= 4 is 11.6 Å². The van der Waals surface area contributed by atoms with Crippen LogP contribution >= 0.6 is 11.6 Å². The second-order valence-corrected chi connectivity index (χ2v) is 18.1. The molecule has 6 aromatic rings. The Labute approximate surface area is 348 Å². The number of fused-ring (bicyclic) bond motifs is 6. The molecule has 0 atom stereocenters. The minimum atomic E-state index is -0.105. The summed E-state index contributed by atoms with van der Waals surface area (Å²) in [5, 5.41) is 0.766. The molecule has 0 saturated carbocycles. The van der Waals surface area contributed by atoms with Gasteiger partial charge in [-0.3, -0.25) is 0 Å². The van der Waals surface area contributed by atoms with E-state index in [-0.39, 0.29) is 10.8 Å². The van der Waals surface area contributed by atoms with Crippen LogP contribution in [0.2, 0.25) is 5.02 Å². The van der Waals surface area contributed by atoms with Crippen LogP contribution in [0.3, 0.4) is 0 Å². The van der Waals surface area contributed by atoms with Gasteiger partial charge in [-0.05, 0) is 121 Å². The molecular weight excluding hydrogens is 708 g/mol. The van der Waals surface area contributed by atoms with E-state index in [4.69, 9.17) is 11.6 Å². The summed E-state index contributed by atoms with van der Waals surface area (Å²) in [5.41, 5.74) is 19.2. The molecule has 0 fully saturated rings. The second-order valence-electron chi connectivity index (χ2n) is 17.7. The predicted octanol–water partition coefficient (Wildman–Crippen LogP) is 17.4. The Kier molecular flexibility index (Phi) is 11.9. The van der Waals surface area contributed by atoms with Gasteiger partial charge in [-0.15, -0.1) is 0 Å². The molecule has 0 aliphatic heterocycles. The average molecular weight is 770 g/mol. The van der Waals surface area contributed by atoms with E-state index in [1.165, 1.54) is 157 Å². The lowest BCUT2D eigenvalue weighted by molar-refractivity contribution is 0.398. The first-order valence-corrected chi connectivity index (χ1v) is 22.6. The van der Waals surface area contributed by atoms with Crippen LogP contribution in [-0.2, 0) is 10.8 Å². The van der Waals surface area contributed by atoms with Crippen LogP contribution in [0.1, 0.15) is 140 Å². The highest BCUT2D eigenvalue weighted by Crippen LogP contribution is 2.56. The standard InChI is InChI=1S/C56H61Cl/c1-5-7-9-11-13-17-35-56(36-18-14-12-10-8-6-2)51-20-16-15-19-47(51)50-34-29-45(39-54(50)56)44-28-33-49-48-32-27-43(37-52(48)55(3,4)53(49)38-44)42-23-21-40(22-24-42)41-25-30-46(57)31-26-41/h15-16,19-34,37-39H,5-14,17-18,35-36H2,1-4H3. The summed E-state index contributed by atoms with van der Waals surface area (Å²) in [4.78, 5) is 0. The highest BCUT2D eigenvalue weighted by Gasteiger charge is 2.42. The third kappa shape index (κ3) is 7.80. The maximum absolute atomic E-state index is 6.15. The summed E-state index contributed by atoms with van der Waals surface area (Å²) in [6.07, 6.45) is 18.6. The van der Waals surface area contributed by atoms with E-state index in [9.17, 15) is 0 Å². The molecular formula is C56H61Cl. The number of benzene rings is 6. The summed E-state index contributed by atoms with van der Waals surface area (Å²) < 4.78 is 0. The highest BCUT2D eigenvalue weighted by atomic mass is 35.5. The zero-order valence-electron chi connectivity index (χ0n) is 34.9. The van der Waals surface area contributed by atoms with Crippen LogP contribution in [0.25, 0.3) is 55.6 Å². The van der Waals surface area contributed by atoms with E-state index < -0.39 is 0 Å². The van der Waals surface area contributed by atoms with Gasteiger partial charge in [-0.1, -0.05) is 213 Å². The lowest BCUT2D eigenvalue weighted by Crippen LogP contribution is -2.25. The van der Waals surface area contributed by atoms with Gasteiger partial charge in [0.25, 0.3) is 0 Å². The van der Waals surface area contributed by atoms with Gasteiger partial charge < -0.3 is 0 Å². The van der Waals surface area contributed by atoms with Crippen molar-refractivity contribution in [1.29, 1.82) is 0 Å². The molecule has 0 N–H and O–H groups in total. The van der Waals surface area contributed by atoms with Crippen molar-refractivity contribution < 1.29 is 0 Å². The Morgan fingerprint density at radius 2 is 0.737 bits per heavy atom. The molecule has 57 heavy (non-hydrogen) atoms. The topological polar surface area (TPSA) is 0 Å². The Balaban J connectivity index is 1.10. The highest BCUT2D eigenvalue weighted by molar-refractivity contribution is 6.30. The smallest absolute Gasteiger partial charge is 0.0406 e. The third-order valence-electron chi connectivity index (χ3n) is 13.6. The number of hydrogen-bond acceptors (Lipinski definition) is 0. The number of rotatable bonds is 17. The fourth-order valence-corrected chi connectivity index (χ4v) is 10.4.